The summed E-state index contributed by atoms with van der Waals surface area (Å²) in [7, 11) is 0. The quantitative estimate of drug-likeness (QED) is 0.771. The molecule has 2 aromatic carbocycles. The minimum absolute atomic E-state index is 0.0279. The molecule has 1 aliphatic rings. The van der Waals surface area contributed by atoms with E-state index < -0.39 is 18.0 Å². The first-order valence-electron chi connectivity index (χ1n) is 9.18. The number of benzene rings is 2. The van der Waals surface area contributed by atoms with E-state index in [4.69, 9.17) is 9.47 Å². The molecule has 0 spiro atoms. The Hall–Kier alpha value is -3.06. The number of aryl methyl sites for hydroxylation is 1. The SMILES string of the molecule is Cc1ccc(C(=O)OC(C)C(=O)Nc2ccc(N3CCOCC3)cc2)c(O)c1. The summed E-state index contributed by atoms with van der Waals surface area (Å²) in [6, 6.07) is 12.1. The molecule has 7 heteroatoms. The van der Waals surface area contributed by atoms with Crippen LogP contribution in [-0.4, -0.2) is 49.4 Å². The molecule has 1 saturated heterocycles. The number of anilines is 2. The lowest BCUT2D eigenvalue weighted by molar-refractivity contribution is -0.123. The second-order valence-corrected chi connectivity index (χ2v) is 6.70. The number of esters is 1. The van der Waals surface area contributed by atoms with Crippen molar-refractivity contribution in [1.82, 2.24) is 0 Å². The zero-order valence-corrected chi connectivity index (χ0v) is 16.0. The van der Waals surface area contributed by atoms with Gasteiger partial charge in [0.15, 0.2) is 6.10 Å². The van der Waals surface area contributed by atoms with Gasteiger partial charge in [0.2, 0.25) is 0 Å². The van der Waals surface area contributed by atoms with Crippen molar-refractivity contribution in [3.05, 3.63) is 53.6 Å². The molecule has 0 aliphatic carbocycles. The van der Waals surface area contributed by atoms with Crippen LogP contribution in [0.1, 0.15) is 22.8 Å². The lowest BCUT2D eigenvalue weighted by Crippen LogP contribution is -2.36. The van der Waals surface area contributed by atoms with E-state index in [9.17, 15) is 14.7 Å². The second-order valence-electron chi connectivity index (χ2n) is 6.70. The number of carbonyl (C=O) groups excluding carboxylic acids is 2. The number of aromatic hydroxyl groups is 1. The molecule has 0 bridgehead atoms. The van der Waals surface area contributed by atoms with Gasteiger partial charge in [0, 0.05) is 24.5 Å². The summed E-state index contributed by atoms with van der Waals surface area (Å²) in [6.07, 6.45) is -1.01. The van der Waals surface area contributed by atoms with Crippen molar-refractivity contribution in [1.29, 1.82) is 0 Å². The number of phenols is 1. The minimum Gasteiger partial charge on any atom is -0.507 e. The van der Waals surface area contributed by atoms with Crippen LogP contribution in [0.15, 0.2) is 42.5 Å². The number of hydrogen-bond donors (Lipinski definition) is 2. The molecule has 2 aromatic rings. The molecule has 1 unspecified atom stereocenters. The summed E-state index contributed by atoms with van der Waals surface area (Å²) in [5.41, 5.74) is 2.53. The molecular weight excluding hydrogens is 360 g/mol. The molecule has 3 rings (SSSR count). The van der Waals surface area contributed by atoms with Crippen LogP contribution in [0.25, 0.3) is 0 Å². The Morgan fingerprint density at radius 2 is 1.82 bits per heavy atom. The van der Waals surface area contributed by atoms with Crippen molar-refractivity contribution in [2.24, 2.45) is 0 Å². The Kier molecular flexibility index (Phi) is 6.16. The third kappa shape index (κ3) is 4.80. The maximum Gasteiger partial charge on any atom is 0.342 e. The first-order chi connectivity index (χ1) is 13.4. The van der Waals surface area contributed by atoms with Crippen LogP contribution in [0, 0.1) is 6.92 Å². The largest absolute Gasteiger partial charge is 0.507 e. The molecule has 1 aliphatic heterocycles. The first-order valence-corrected chi connectivity index (χ1v) is 9.18. The zero-order valence-electron chi connectivity index (χ0n) is 16.0. The van der Waals surface area contributed by atoms with Crippen LogP contribution in [0.2, 0.25) is 0 Å². The van der Waals surface area contributed by atoms with Gasteiger partial charge in [-0.3, -0.25) is 4.79 Å². The molecular formula is C21H24N2O5. The highest BCUT2D eigenvalue weighted by molar-refractivity contribution is 5.98. The van der Waals surface area contributed by atoms with Gasteiger partial charge in [0.25, 0.3) is 5.91 Å². The summed E-state index contributed by atoms with van der Waals surface area (Å²) >= 11 is 0. The van der Waals surface area contributed by atoms with E-state index in [1.54, 1.807) is 13.0 Å². The van der Waals surface area contributed by atoms with E-state index >= 15 is 0 Å². The average molecular weight is 384 g/mol. The number of carbonyl (C=O) groups is 2. The van der Waals surface area contributed by atoms with Gasteiger partial charge >= 0.3 is 5.97 Å². The summed E-state index contributed by atoms with van der Waals surface area (Å²) in [6.45, 7) is 6.38. The molecule has 0 saturated carbocycles. The summed E-state index contributed by atoms with van der Waals surface area (Å²) in [4.78, 5) is 26.7. The van der Waals surface area contributed by atoms with Gasteiger partial charge in [0.05, 0.1) is 13.2 Å². The van der Waals surface area contributed by atoms with Crippen molar-refractivity contribution in [2.75, 3.05) is 36.5 Å². The molecule has 1 amide bonds. The molecule has 7 nitrogen and oxygen atoms in total. The van der Waals surface area contributed by atoms with E-state index in [1.165, 1.54) is 19.1 Å². The number of phenolic OH excluding ortho intramolecular Hbond substituents is 1. The van der Waals surface area contributed by atoms with Crippen LogP contribution >= 0.6 is 0 Å². The lowest BCUT2D eigenvalue weighted by atomic mass is 10.1. The standard InChI is InChI=1S/C21H24N2O5/c1-14-3-8-18(19(24)13-14)21(26)28-15(2)20(25)22-16-4-6-17(7-5-16)23-9-11-27-12-10-23/h3-8,13,15,24H,9-12H2,1-2H3,(H,22,25). The predicted octanol–water partition coefficient (Wildman–Crippen LogP) is 2.72. The highest BCUT2D eigenvalue weighted by Gasteiger charge is 2.21. The van der Waals surface area contributed by atoms with Crippen molar-refractivity contribution in [3.63, 3.8) is 0 Å². The maximum atomic E-state index is 12.3. The fourth-order valence-corrected chi connectivity index (χ4v) is 2.91. The van der Waals surface area contributed by atoms with E-state index in [1.807, 2.05) is 24.3 Å². The Labute approximate surface area is 163 Å². The second kappa shape index (κ2) is 8.75. The monoisotopic (exact) mass is 384 g/mol. The average Bonchev–Trinajstić information content (AvgIpc) is 2.69. The number of rotatable bonds is 5. The maximum absolute atomic E-state index is 12.3. The molecule has 2 N–H and O–H groups in total. The normalized spacial score (nSPS) is 15.0. The number of morpholine rings is 1. The topological polar surface area (TPSA) is 88.1 Å². The molecule has 148 valence electrons. The van der Waals surface area contributed by atoms with Crippen LogP contribution in [0.5, 0.6) is 5.75 Å². The van der Waals surface area contributed by atoms with Gasteiger partial charge in [-0.2, -0.15) is 0 Å². The van der Waals surface area contributed by atoms with Crippen LogP contribution < -0.4 is 10.2 Å². The molecule has 28 heavy (non-hydrogen) atoms. The number of hydrogen-bond acceptors (Lipinski definition) is 6. The van der Waals surface area contributed by atoms with E-state index in [-0.39, 0.29) is 11.3 Å². The molecule has 1 atom stereocenters. The summed E-state index contributed by atoms with van der Waals surface area (Å²) in [5.74, 6) is -1.36. The van der Waals surface area contributed by atoms with Crippen molar-refractivity contribution in [2.45, 2.75) is 20.0 Å². The number of nitrogens with zero attached hydrogens (tertiary/aromatic N) is 1. The van der Waals surface area contributed by atoms with Crippen LogP contribution in [-0.2, 0) is 14.3 Å². The summed E-state index contributed by atoms with van der Waals surface area (Å²) < 4.78 is 10.5. The zero-order chi connectivity index (χ0) is 20.1. The first kappa shape index (κ1) is 19.7. The molecule has 1 fully saturated rings. The fourth-order valence-electron chi connectivity index (χ4n) is 2.91. The van der Waals surface area contributed by atoms with Crippen molar-refractivity contribution >= 4 is 23.3 Å². The highest BCUT2D eigenvalue weighted by atomic mass is 16.5. The fraction of sp³-hybridized carbons (Fsp3) is 0.333. The van der Waals surface area contributed by atoms with E-state index in [0.29, 0.717) is 18.9 Å². The van der Waals surface area contributed by atoms with Gasteiger partial charge < -0.3 is 24.8 Å². The third-order valence-corrected chi connectivity index (χ3v) is 4.54. The summed E-state index contributed by atoms with van der Waals surface area (Å²) in [5, 5.41) is 12.6. The Morgan fingerprint density at radius 1 is 1.14 bits per heavy atom. The molecule has 0 radical (unpaired) electrons. The van der Waals surface area contributed by atoms with E-state index in [2.05, 4.69) is 10.2 Å². The van der Waals surface area contributed by atoms with Gasteiger partial charge in [0.1, 0.15) is 11.3 Å². The van der Waals surface area contributed by atoms with Crippen molar-refractivity contribution < 1.29 is 24.2 Å². The number of nitrogens with one attached hydrogen (secondary N) is 1. The van der Waals surface area contributed by atoms with Gasteiger partial charge in [-0.25, -0.2) is 4.79 Å². The van der Waals surface area contributed by atoms with Gasteiger partial charge in [-0.05, 0) is 55.8 Å². The van der Waals surface area contributed by atoms with Gasteiger partial charge in [-0.15, -0.1) is 0 Å². The van der Waals surface area contributed by atoms with Crippen LogP contribution in [0.4, 0.5) is 11.4 Å². The molecule has 0 aromatic heterocycles. The lowest BCUT2D eigenvalue weighted by Gasteiger charge is -2.28. The Balaban J connectivity index is 1.56. The van der Waals surface area contributed by atoms with E-state index in [0.717, 1.165) is 24.3 Å². The van der Waals surface area contributed by atoms with Gasteiger partial charge in [-0.1, -0.05) is 6.07 Å². The highest BCUT2D eigenvalue weighted by Crippen LogP contribution is 2.21. The molecule has 1 heterocycles. The smallest absolute Gasteiger partial charge is 0.342 e. The third-order valence-electron chi connectivity index (χ3n) is 4.54. The number of amides is 1. The van der Waals surface area contributed by atoms with Crippen LogP contribution in [0.3, 0.4) is 0 Å². The van der Waals surface area contributed by atoms with Crippen molar-refractivity contribution in [3.8, 4) is 5.75 Å². The Morgan fingerprint density at radius 3 is 2.46 bits per heavy atom. The Bertz CT molecular complexity index is 844. The minimum atomic E-state index is -1.01. The number of ether oxygens (including phenoxy) is 2. The predicted molar refractivity (Wildman–Crippen MR) is 106 cm³/mol.